The van der Waals surface area contributed by atoms with E-state index in [2.05, 4.69) is 11.9 Å². The van der Waals surface area contributed by atoms with Gasteiger partial charge >= 0.3 is 11.9 Å². The average Bonchev–Trinajstić information content (AvgIpc) is 2.41. The van der Waals surface area contributed by atoms with Crippen LogP contribution < -0.4 is 5.32 Å². The van der Waals surface area contributed by atoms with Crippen LogP contribution in [0, 0.1) is 20.2 Å². The minimum absolute atomic E-state index is 0.0454. The van der Waals surface area contributed by atoms with Crippen LogP contribution in [0.2, 0.25) is 0 Å². The predicted octanol–water partition coefficient (Wildman–Crippen LogP) is 4.07. The standard InChI is InChI=1S/C13H14F3N3O4/c1-4-8-9(13(14,15)16)5-10(18(20)21)11(12(8)19(22)23)17-6-7(2)3/h5,17H,2,4,6H2,1,3H3. The number of nitrogens with zero attached hydrogens (tertiary/aromatic N) is 2. The van der Waals surface area contributed by atoms with Gasteiger partial charge in [-0.1, -0.05) is 19.1 Å². The third kappa shape index (κ3) is 3.96. The van der Waals surface area contributed by atoms with Gasteiger partial charge in [-0.15, -0.1) is 0 Å². The van der Waals surface area contributed by atoms with Gasteiger partial charge in [0.15, 0.2) is 5.69 Å². The smallest absolute Gasteiger partial charge is 0.370 e. The van der Waals surface area contributed by atoms with E-state index in [0.29, 0.717) is 11.6 Å². The van der Waals surface area contributed by atoms with E-state index in [9.17, 15) is 33.4 Å². The third-order valence-electron chi connectivity index (χ3n) is 2.99. The van der Waals surface area contributed by atoms with E-state index in [1.54, 1.807) is 6.92 Å². The molecule has 126 valence electrons. The van der Waals surface area contributed by atoms with Crippen molar-refractivity contribution in [1.29, 1.82) is 0 Å². The lowest BCUT2D eigenvalue weighted by Gasteiger charge is -2.15. The van der Waals surface area contributed by atoms with Crippen LogP contribution in [0.25, 0.3) is 0 Å². The Labute approximate surface area is 129 Å². The highest BCUT2D eigenvalue weighted by Crippen LogP contribution is 2.45. The Kier molecular flexibility index (Phi) is 5.30. The van der Waals surface area contributed by atoms with Crippen LogP contribution in [0.1, 0.15) is 25.0 Å². The van der Waals surface area contributed by atoms with E-state index in [1.807, 2.05) is 0 Å². The summed E-state index contributed by atoms with van der Waals surface area (Å²) in [6, 6.07) is 0.326. The van der Waals surface area contributed by atoms with Gasteiger partial charge in [-0.05, 0) is 13.3 Å². The Balaban J connectivity index is 3.81. The highest BCUT2D eigenvalue weighted by atomic mass is 19.4. The Hall–Kier alpha value is -2.65. The predicted molar refractivity (Wildman–Crippen MR) is 77.4 cm³/mol. The fraction of sp³-hybridized carbons (Fsp3) is 0.385. The van der Waals surface area contributed by atoms with E-state index < -0.39 is 44.2 Å². The van der Waals surface area contributed by atoms with Crippen LogP contribution >= 0.6 is 0 Å². The van der Waals surface area contributed by atoms with Crippen molar-refractivity contribution in [2.24, 2.45) is 0 Å². The maximum absolute atomic E-state index is 13.1. The first kappa shape index (κ1) is 18.4. The normalized spacial score (nSPS) is 11.2. The summed E-state index contributed by atoms with van der Waals surface area (Å²) in [4.78, 5) is 20.2. The van der Waals surface area contributed by atoms with Gasteiger partial charge in [-0.25, -0.2) is 0 Å². The van der Waals surface area contributed by atoms with Crippen molar-refractivity contribution in [1.82, 2.24) is 0 Å². The molecule has 0 aliphatic heterocycles. The maximum Gasteiger partial charge on any atom is 0.417 e. The van der Waals surface area contributed by atoms with Crippen molar-refractivity contribution in [2.75, 3.05) is 11.9 Å². The van der Waals surface area contributed by atoms with Gasteiger partial charge < -0.3 is 5.32 Å². The van der Waals surface area contributed by atoms with Gasteiger partial charge in [0.05, 0.1) is 15.4 Å². The monoisotopic (exact) mass is 333 g/mol. The molecule has 0 saturated heterocycles. The van der Waals surface area contributed by atoms with E-state index in [-0.39, 0.29) is 13.0 Å². The van der Waals surface area contributed by atoms with Gasteiger partial charge in [0.1, 0.15) is 0 Å². The minimum atomic E-state index is -4.94. The number of nitro benzene ring substituents is 2. The van der Waals surface area contributed by atoms with Crippen molar-refractivity contribution < 1.29 is 23.0 Å². The molecule has 0 fully saturated rings. The van der Waals surface area contributed by atoms with Crippen LogP contribution in [0.15, 0.2) is 18.2 Å². The molecule has 0 aromatic heterocycles. The third-order valence-corrected chi connectivity index (χ3v) is 2.99. The van der Waals surface area contributed by atoms with Crippen LogP contribution in [-0.4, -0.2) is 16.4 Å². The molecule has 1 rings (SSSR count). The molecule has 1 N–H and O–H groups in total. The molecule has 10 heteroatoms. The van der Waals surface area contributed by atoms with Crippen LogP contribution in [0.4, 0.5) is 30.2 Å². The lowest BCUT2D eigenvalue weighted by molar-refractivity contribution is -0.393. The molecular weight excluding hydrogens is 319 g/mol. The van der Waals surface area contributed by atoms with Crippen molar-refractivity contribution in [3.8, 4) is 0 Å². The van der Waals surface area contributed by atoms with E-state index in [4.69, 9.17) is 0 Å². The first-order valence-corrected chi connectivity index (χ1v) is 6.44. The average molecular weight is 333 g/mol. The topological polar surface area (TPSA) is 98.3 Å². The number of halogens is 3. The maximum atomic E-state index is 13.1. The van der Waals surface area contributed by atoms with Crippen LogP contribution in [0.5, 0.6) is 0 Å². The second-order valence-corrected chi connectivity index (χ2v) is 4.82. The van der Waals surface area contributed by atoms with E-state index >= 15 is 0 Å². The summed E-state index contributed by atoms with van der Waals surface area (Å²) >= 11 is 0. The molecule has 23 heavy (non-hydrogen) atoms. The zero-order valence-corrected chi connectivity index (χ0v) is 12.4. The van der Waals surface area contributed by atoms with Crippen LogP contribution in [0.3, 0.4) is 0 Å². The number of alkyl halides is 3. The SMILES string of the molecule is C=C(C)CNc1c([N+](=O)[O-])cc(C(F)(F)F)c(CC)c1[N+](=O)[O-]. The number of nitrogens with one attached hydrogen (secondary N) is 1. The summed E-state index contributed by atoms with van der Waals surface area (Å²) < 4.78 is 39.3. The minimum Gasteiger partial charge on any atom is -0.370 e. The lowest BCUT2D eigenvalue weighted by Crippen LogP contribution is -2.15. The van der Waals surface area contributed by atoms with Crippen molar-refractivity contribution >= 4 is 17.1 Å². The zero-order chi connectivity index (χ0) is 17.9. The first-order chi connectivity index (χ1) is 10.5. The fourth-order valence-corrected chi connectivity index (χ4v) is 2.07. The summed E-state index contributed by atoms with van der Waals surface area (Å²) in [6.07, 6.45) is -5.24. The molecule has 1 aromatic carbocycles. The summed E-state index contributed by atoms with van der Waals surface area (Å²) in [5.74, 6) is 0. The van der Waals surface area contributed by atoms with Crippen molar-refractivity contribution in [3.63, 3.8) is 0 Å². The number of hydrogen-bond acceptors (Lipinski definition) is 5. The molecule has 0 bridgehead atoms. The molecule has 0 atom stereocenters. The largest absolute Gasteiger partial charge is 0.417 e. The van der Waals surface area contributed by atoms with Gasteiger partial charge in [-0.3, -0.25) is 20.2 Å². The molecule has 0 aliphatic carbocycles. The first-order valence-electron chi connectivity index (χ1n) is 6.44. The Morgan fingerprint density at radius 1 is 1.30 bits per heavy atom. The summed E-state index contributed by atoms with van der Waals surface area (Å²) in [5.41, 5.74) is -3.95. The zero-order valence-electron chi connectivity index (χ0n) is 12.4. The number of benzene rings is 1. The van der Waals surface area contributed by atoms with Crippen LogP contribution in [-0.2, 0) is 12.6 Å². The highest BCUT2D eigenvalue weighted by molar-refractivity contribution is 5.78. The van der Waals surface area contributed by atoms with Crippen molar-refractivity contribution in [2.45, 2.75) is 26.4 Å². The lowest BCUT2D eigenvalue weighted by atomic mass is 9.99. The summed E-state index contributed by atoms with van der Waals surface area (Å²) in [6.45, 7) is 6.37. The fourth-order valence-electron chi connectivity index (χ4n) is 2.07. The summed E-state index contributed by atoms with van der Waals surface area (Å²) in [7, 11) is 0. The van der Waals surface area contributed by atoms with Crippen molar-refractivity contribution in [3.05, 3.63) is 49.6 Å². The molecule has 0 spiro atoms. The number of rotatable bonds is 6. The molecule has 1 aromatic rings. The molecule has 0 unspecified atom stereocenters. The molecule has 0 radical (unpaired) electrons. The number of nitro groups is 2. The second kappa shape index (κ2) is 6.63. The second-order valence-electron chi connectivity index (χ2n) is 4.82. The highest BCUT2D eigenvalue weighted by Gasteiger charge is 2.41. The molecule has 7 nitrogen and oxygen atoms in total. The Bertz CT molecular complexity index is 671. The van der Waals surface area contributed by atoms with Gasteiger partial charge in [0.2, 0.25) is 0 Å². The molecule has 0 aliphatic rings. The van der Waals surface area contributed by atoms with Gasteiger partial charge in [0.25, 0.3) is 5.69 Å². The summed E-state index contributed by atoms with van der Waals surface area (Å²) in [5, 5.41) is 24.8. The molecule has 0 amide bonds. The molecular formula is C13H14F3N3O4. The number of hydrogen-bond donors (Lipinski definition) is 1. The molecule has 0 saturated carbocycles. The Morgan fingerprint density at radius 3 is 2.22 bits per heavy atom. The number of anilines is 1. The molecule has 0 heterocycles. The van der Waals surface area contributed by atoms with E-state index in [1.165, 1.54) is 6.92 Å². The van der Waals surface area contributed by atoms with Gasteiger partial charge in [-0.2, -0.15) is 13.2 Å². The Morgan fingerprint density at radius 2 is 1.87 bits per heavy atom. The quantitative estimate of drug-likeness (QED) is 0.480. The van der Waals surface area contributed by atoms with Gasteiger partial charge in [0, 0.05) is 18.2 Å². The van der Waals surface area contributed by atoms with E-state index in [0.717, 1.165) is 0 Å².